The Hall–Kier alpha value is -3.08. The molecule has 1 amide bonds. The molecule has 1 heterocycles. The third kappa shape index (κ3) is 4.97. The van der Waals surface area contributed by atoms with Gasteiger partial charge < -0.3 is 14.6 Å². The second kappa shape index (κ2) is 9.03. The molecular formula is C22H25N3O2. The van der Waals surface area contributed by atoms with Crippen molar-refractivity contribution in [3.63, 3.8) is 0 Å². The summed E-state index contributed by atoms with van der Waals surface area (Å²) < 4.78 is 7.97. The fraction of sp³-hybridized carbons (Fsp3) is 0.273. The maximum Gasteiger partial charge on any atom is 0.243 e. The predicted molar refractivity (Wildman–Crippen MR) is 108 cm³/mol. The number of hydrogen-bond acceptors (Lipinski definition) is 3. The van der Waals surface area contributed by atoms with Crippen LogP contribution in [0, 0.1) is 6.92 Å². The lowest BCUT2D eigenvalue weighted by molar-refractivity contribution is -0.116. The standard InChI is InChI=1S/C22H25N3O2/c1-3-22(26)23-16-21-24-19-8-4-5-9-20(19)25(21)14-6-7-15-27-18-12-10-17(2)11-13-18/h3-5,8-13H,1,6-7,14-16H2,2H3,(H,23,26). The molecule has 0 fully saturated rings. The summed E-state index contributed by atoms with van der Waals surface area (Å²) in [7, 11) is 0. The highest BCUT2D eigenvalue weighted by atomic mass is 16.5. The second-order valence-electron chi connectivity index (χ2n) is 6.46. The van der Waals surface area contributed by atoms with E-state index in [0.717, 1.165) is 42.0 Å². The molecule has 3 rings (SSSR count). The molecule has 1 N–H and O–H groups in total. The maximum absolute atomic E-state index is 11.5. The number of nitrogens with one attached hydrogen (secondary N) is 1. The van der Waals surface area contributed by atoms with Crippen LogP contribution >= 0.6 is 0 Å². The lowest BCUT2D eigenvalue weighted by atomic mass is 10.2. The molecule has 3 aromatic rings. The molecule has 0 unspecified atom stereocenters. The average molecular weight is 363 g/mol. The first-order valence-electron chi connectivity index (χ1n) is 9.21. The van der Waals surface area contributed by atoms with E-state index in [4.69, 9.17) is 4.74 Å². The largest absolute Gasteiger partial charge is 0.494 e. The van der Waals surface area contributed by atoms with Crippen LogP contribution in [-0.4, -0.2) is 22.1 Å². The summed E-state index contributed by atoms with van der Waals surface area (Å²) in [6.07, 6.45) is 3.18. The predicted octanol–water partition coefficient (Wildman–Crippen LogP) is 4.01. The zero-order valence-electron chi connectivity index (χ0n) is 15.6. The van der Waals surface area contributed by atoms with E-state index in [0.29, 0.717) is 13.2 Å². The van der Waals surface area contributed by atoms with E-state index in [2.05, 4.69) is 46.6 Å². The van der Waals surface area contributed by atoms with Gasteiger partial charge in [-0.05, 0) is 50.1 Å². The van der Waals surface area contributed by atoms with Gasteiger partial charge in [0, 0.05) is 6.54 Å². The summed E-state index contributed by atoms with van der Waals surface area (Å²) in [5, 5.41) is 2.81. The van der Waals surface area contributed by atoms with E-state index in [1.54, 1.807) is 0 Å². The number of carbonyl (C=O) groups excluding carboxylic acids is 1. The molecule has 0 radical (unpaired) electrons. The molecule has 1 aromatic heterocycles. The number of unbranched alkanes of at least 4 members (excludes halogenated alkanes) is 1. The van der Waals surface area contributed by atoms with Crippen LogP contribution in [0.15, 0.2) is 61.2 Å². The van der Waals surface area contributed by atoms with Crippen LogP contribution in [0.3, 0.4) is 0 Å². The highest BCUT2D eigenvalue weighted by Crippen LogP contribution is 2.17. The summed E-state index contributed by atoms with van der Waals surface area (Å²) in [4.78, 5) is 16.1. The molecule has 5 heteroatoms. The zero-order valence-corrected chi connectivity index (χ0v) is 15.6. The Bertz CT molecular complexity index is 913. The maximum atomic E-state index is 11.5. The van der Waals surface area contributed by atoms with Crippen LogP contribution in [0.1, 0.15) is 24.2 Å². The number of aryl methyl sites for hydroxylation is 2. The number of benzene rings is 2. The molecule has 0 atom stereocenters. The van der Waals surface area contributed by atoms with Crippen molar-refractivity contribution in [3.8, 4) is 5.75 Å². The molecule has 0 bridgehead atoms. The molecule has 0 aliphatic carbocycles. The fourth-order valence-corrected chi connectivity index (χ4v) is 2.94. The van der Waals surface area contributed by atoms with Gasteiger partial charge in [0.15, 0.2) is 0 Å². The first kappa shape index (κ1) is 18.7. The van der Waals surface area contributed by atoms with Crippen molar-refractivity contribution in [1.82, 2.24) is 14.9 Å². The summed E-state index contributed by atoms with van der Waals surface area (Å²) in [5.74, 6) is 1.56. The Morgan fingerprint density at radius 1 is 1.19 bits per heavy atom. The molecule has 2 aromatic carbocycles. The van der Waals surface area contributed by atoms with Crippen LogP contribution in [0.4, 0.5) is 0 Å². The summed E-state index contributed by atoms with van der Waals surface area (Å²) >= 11 is 0. The molecular weight excluding hydrogens is 338 g/mol. The van der Waals surface area contributed by atoms with Crippen LogP contribution in [0.5, 0.6) is 5.75 Å². The first-order valence-corrected chi connectivity index (χ1v) is 9.21. The van der Waals surface area contributed by atoms with E-state index in [1.165, 1.54) is 11.6 Å². The molecule has 140 valence electrons. The SMILES string of the molecule is C=CC(=O)NCc1nc2ccccc2n1CCCCOc1ccc(C)cc1. The summed E-state index contributed by atoms with van der Waals surface area (Å²) in [6, 6.07) is 16.1. The molecule has 5 nitrogen and oxygen atoms in total. The number of amides is 1. The number of rotatable bonds is 9. The van der Waals surface area contributed by atoms with Crippen molar-refractivity contribution in [2.45, 2.75) is 32.9 Å². The van der Waals surface area contributed by atoms with Crippen molar-refractivity contribution in [2.75, 3.05) is 6.61 Å². The molecule has 0 saturated heterocycles. The van der Waals surface area contributed by atoms with Gasteiger partial charge in [-0.15, -0.1) is 0 Å². The van der Waals surface area contributed by atoms with Gasteiger partial charge in [-0.25, -0.2) is 4.98 Å². The Balaban J connectivity index is 1.58. The van der Waals surface area contributed by atoms with Crippen molar-refractivity contribution in [1.29, 1.82) is 0 Å². The first-order chi connectivity index (χ1) is 13.2. The number of hydrogen-bond donors (Lipinski definition) is 1. The van der Waals surface area contributed by atoms with Crippen molar-refractivity contribution < 1.29 is 9.53 Å². The van der Waals surface area contributed by atoms with Gasteiger partial charge in [-0.2, -0.15) is 0 Å². The molecule has 0 aliphatic heterocycles. The van der Waals surface area contributed by atoms with Crippen molar-refractivity contribution >= 4 is 16.9 Å². The van der Waals surface area contributed by atoms with Gasteiger partial charge in [0.2, 0.25) is 5.91 Å². The van der Waals surface area contributed by atoms with Gasteiger partial charge in [0.1, 0.15) is 11.6 Å². The number of carbonyl (C=O) groups is 1. The van der Waals surface area contributed by atoms with Gasteiger partial charge in [-0.3, -0.25) is 4.79 Å². The van der Waals surface area contributed by atoms with Crippen LogP contribution in [0.25, 0.3) is 11.0 Å². The Morgan fingerprint density at radius 3 is 2.74 bits per heavy atom. The van der Waals surface area contributed by atoms with Crippen LogP contribution in [-0.2, 0) is 17.9 Å². The highest BCUT2D eigenvalue weighted by molar-refractivity contribution is 5.86. The highest BCUT2D eigenvalue weighted by Gasteiger charge is 2.10. The number of ether oxygens (including phenoxy) is 1. The normalized spacial score (nSPS) is 10.7. The molecule has 27 heavy (non-hydrogen) atoms. The Labute approximate surface area is 159 Å². The molecule has 0 spiro atoms. The van der Waals surface area contributed by atoms with Crippen LogP contribution < -0.4 is 10.1 Å². The lowest BCUT2D eigenvalue weighted by Gasteiger charge is -2.10. The number of aromatic nitrogens is 2. The van der Waals surface area contributed by atoms with E-state index < -0.39 is 0 Å². The quantitative estimate of drug-likeness (QED) is 0.462. The smallest absolute Gasteiger partial charge is 0.243 e. The minimum atomic E-state index is -0.194. The number of para-hydroxylation sites is 2. The third-order valence-corrected chi connectivity index (χ3v) is 4.41. The second-order valence-corrected chi connectivity index (χ2v) is 6.46. The minimum Gasteiger partial charge on any atom is -0.494 e. The van der Waals surface area contributed by atoms with Gasteiger partial charge in [0.05, 0.1) is 24.2 Å². The fourth-order valence-electron chi connectivity index (χ4n) is 2.94. The van der Waals surface area contributed by atoms with Gasteiger partial charge in [-0.1, -0.05) is 36.4 Å². The van der Waals surface area contributed by atoms with E-state index in [1.807, 2.05) is 30.3 Å². The topological polar surface area (TPSA) is 56.2 Å². The molecule has 0 saturated carbocycles. The summed E-state index contributed by atoms with van der Waals surface area (Å²) in [5.41, 5.74) is 3.25. The monoisotopic (exact) mass is 363 g/mol. The number of imidazole rings is 1. The van der Waals surface area contributed by atoms with E-state index in [-0.39, 0.29) is 5.91 Å². The summed E-state index contributed by atoms with van der Waals surface area (Å²) in [6.45, 7) is 7.45. The lowest BCUT2D eigenvalue weighted by Crippen LogP contribution is -2.22. The van der Waals surface area contributed by atoms with Crippen LogP contribution in [0.2, 0.25) is 0 Å². The van der Waals surface area contributed by atoms with Crippen molar-refractivity contribution in [2.24, 2.45) is 0 Å². The Morgan fingerprint density at radius 2 is 1.96 bits per heavy atom. The van der Waals surface area contributed by atoms with E-state index >= 15 is 0 Å². The zero-order chi connectivity index (χ0) is 19.1. The number of fused-ring (bicyclic) bond motifs is 1. The minimum absolute atomic E-state index is 0.194. The average Bonchev–Trinajstić information content (AvgIpc) is 3.05. The van der Waals surface area contributed by atoms with Gasteiger partial charge in [0.25, 0.3) is 0 Å². The number of nitrogens with zero attached hydrogens (tertiary/aromatic N) is 2. The Kier molecular flexibility index (Phi) is 6.26. The molecule has 0 aliphatic rings. The van der Waals surface area contributed by atoms with E-state index in [9.17, 15) is 4.79 Å². The third-order valence-electron chi connectivity index (χ3n) is 4.41. The van der Waals surface area contributed by atoms with Gasteiger partial charge >= 0.3 is 0 Å². The van der Waals surface area contributed by atoms with Crippen molar-refractivity contribution in [3.05, 3.63) is 72.6 Å².